The second-order valence-corrected chi connectivity index (χ2v) is 5.99. The average Bonchev–Trinajstić information content (AvgIpc) is 3.18. The van der Waals surface area contributed by atoms with Crippen molar-refractivity contribution >= 4 is 0 Å². The Kier molecular flexibility index (Phi) is 2.07. The van der Waals surface area contributed by atoms with Gasteiger partial charge in [0.1, 0.15) is 5.82 Å². The Morgan fingerprint density at radius 3 is 1.88 bits per heavy atom. The van der Waals surface area contributed by atoms with Crippen LogP contribution in [0.15, 0.2) is 6.07 Å². The third kappa shape index (κ3) is 1.97. The highest BCUT2D eigenvalue weighted by molar-refractivity contribution is 5.25. The van der Waals surface area contributed by atoms with Crippen molar-refractivity contribution in [2.24, 2.45) is 11.7 Å². The maximum absolute atomic E-state index is 6.25. The van der Waals surface area contributed by atoms with E-state index in [1.54, 1.807) is 0 Å². The number of nitrogens with two attached hydrogens (primary N) is 1. The molecule has 3 heteroatoms. The van der Waals surface area contributed by atoms with Gasteiger partial charge in [-0.3, -0.25) is 0 Å². The largest absolute Gasteiger partial charge is 0.321 e. The summed E-state index contributed by atoms with van der Waals surface area (Å²) >= 11 is 0. The van der Waals surface area contributed by atoms with Crippen molar-refractivity contribution in [2.75, 3.05) is 0 Å². The van der Waals surface area contributed by atoms with Crippen LogP contribution in [0.2, 0.25) is 0 Å². The van der Waals surface area contributed by atoms with Crippen molar-refractivity contribution < 1.29 is 0 Å². The van der Waals surface area contributed by atoms with Gasteiger partial charge in [0.25, 0.3) is 0 Å². The summed E-state index contributed by atoms with van der Waals surface area (Å²) in [6.07, 6.45) is 7.74. The van der Waals surface area contributed by atoms with E-state index in [4.69, 9.17) is 15.7 Å². The van der Waals surface area contributed by atoms with Crippen LogP contribution in [-0.4, -0.2) is 9.97 Å². The fourth-order valence-corrected chi connectivity index (χ4v) is 2.50. The third-order valence-corrected chi connectivity index (χ3v) is 4.20. The Hall–Kier alpha value is -0.960. The standard InChI is InChI=1S/C14H19N3/c15-13(10-5-6-10)14-16-11(8-1-2-8)7-12(17-14)9-3-4-9/h7-10,13H,1-6,15H2. The highest BCUT2D eigenvalue weighted by atomic mass is 15.0. The van der Waals surface area contributed by atoms with Gasteiger partial charge in [0.15, 0.2) is 0 Å². The monoisotopic (exact) mass is 229 g/mol. The molecule has 1 heterocycles. The molecule has 0 spiro atoms. The lowest BCUT2D eigenvalue weighted by Crippen LogP contribution is -2.17. The summed E-state index contributed by atoms with van der Waals surface area (Å²) in [5.74, 6) is 3.00. The zero-order valence-electron chi connectivity index (χ0n) is 10.1. The molecule has 1 aromatic rings. The molecule has 0 aromatic carbocycles. The van der Waals surface area contributed by atoms with E-state index in [-0.39, 0.29) is 6.04 Å². The molecule has 17 heavy (non-hydrogen) atoms. The summed E-state index contributed by atoms with van der Waals surface area (Å²) < 4.78 is 0. The molecule has 1 unspecified atom stereocenters. The second kappa shape index (κ2) is 3.52. The zero-order chi connectivity index (χ0) is 11.4. The Labute approximate surface area is 102 Å². The van der Waals surface area contributed by atoms with Crippen molar-refractivity contribution in [1.82, 2.24) is 9.97 Å². The number of aromatic nitrogens is 2. The van der Waals surface area contributed by atoms with Crippen molar-refractivity contribution in [3.05, 3.63) is 23.3 Å². The maximum atomic E-state index is 6.25. The molecule has 1 atom stereocenters. The van der Waals surface area contributed by atoms with Crippen LogP contribution < -0.4 is 5.73 Å². The first-order valence-corrected chi connectivity index (χ1v) is 6.95. The van der Waals surface area contributed by atoms with Gasteiger partial charge in [0.2, 0.25) is 0 Å². The summed E-state index contributed by atoms with van der Waals surface area (Å²) in [4.78, 5) is 9.46. The van der Waals surface area contributed by atoms with Crippen molar-refractivity contribution in [3.63, 3.8) is 0 Å². The molecular weight excluding hydrogens is 210 g/mol. The van der Waals surface area contributed by atoms with Crippen molar-refractivity contribution in [1.29, 1.82) is 0 Å². The molecular formula is C14H19N3. The smallest absolute Gasteiger partial charge is 0.145 e. The number of rotatable bonds is 4. The lowest BCUT2D eigenvalue weighted by molar-refractivity contribution is 0.584. The maximum Gasteiger partial charge on any atom is 0.145 e. The number of hydrogen-bond donors (Lipinski definition) is 1. The molecule has 0 amide bonds. The van der Waals surface area contributed by atoms with Gasteiger partial charge in [-0.1, -0.05) is 0 Å². The summed E-state index contributed by atoms with van der Waals surface area (Å²) in [6.45, 7) is 0. The summed E-state index contributed by atoms with van der Waals surface area (Å²) in [6, 6.07) is 2.34. The Morgan fingerprint density at radius 2 is 1.47 bits per heavy atom. The molecule has 0 radical (unpaired) electrons. The fraction of sp³-hybridized carbons (Fsp3) is 0.714. The van der Waals surface area contributed by atoms with Gasteiger partial charge in [-0.25, -0.2) is 9.97 Å². The van der Waals surface area contributed by atoms with Crippen LogP contribution in [0.4, 0.5) is 0 Å². The molecule has 0 bridgehead atoms. The lowest BCUT2D eigenvalue weighted by atomic mass is 10.1. The average molecular weight is 229 g/mol. The molecule has 3 saturated carbocycles. The van der Waals surface area contributed by atoms with Crippen LogP contribution in [0.1, 0.15) is 73.6 Å². The summed E-state index contributed by atoms with van der Waals surface area (Å²) in [5, 5.41) is 0. The molecule has 4 rings (SSSR count). The highest BCUT2D eigenvalue weighted by Crippen LogP contribution is 2.45. The Bertz CT molecular complexity index is 415. The Morgan fingerprint density at radius 1 is 0.941 bits per heavy atom. The normalized spacial score (nSPS) is 25.9. The van der Waals surface area contributed by atoms with Gasteiger partial charge < -0.3 is 5.73 Å². The zero-order valence-corrected chi connectivity index (χ0v) is 10.1. The van der Waals surface area contributed by atoms with Gasteiger partial charge in [-0.2, -0.15) is 0 Å². The lowest BCUT2D eigenvalue weighted by Gasteiger charge is -2.12. The van der Waals surface area contributed by atoms with Crippen molar-refractivity contribution in [3.8, 4) is 0 Å². The second-order valence-electron chi connectivity index (χ2n) is 5.99. The molecule has 3 aliphatic rings. The quantitative estimate of drug-likeness (QED) is 0.863. The summed E-state index contributed by atoms with van der Waals surface area (Å²) in [5.41, 5.74) is 8.80. The number of nitrogens with zero attached hydrogens (tertiary/aromatic N) is 2. The van der Waals surface area contributed by atoms with E-state index in [0.29, 0.717) is 17.8 Å². The molecule has 0 aliphatic heterocycles. The third-order valence-electron chi connectivity index (χ3n) is 4.20. The van der Waals surface area contributed by atoms with Gasteiger partial charge >= 0.3 is 0 Å². The predicted molar refractivity (Wildman–Crippen MR) is 65.6 cm³/mol. The predicted octanol–water partition coefficient (Wildman–Crippen LogP) is 2.64. The minimum absolute atomic E-state index is 0.0891. The Balaban J connectivity index is 1.70. The van der Waals surface area contributed by atoms with E-state index in [1.165, 1.54) is 49.9 Å². The first kappa shape index (κ1) is 10.0. The highest BCUT2D eigenvalue weighted by Gasteiger charge is 2.35. The van der Waals surface area contributed by atoms with E-state index in [0.717, 1.165) is 5.82 Å². The SMILES string of the molecule is NC(c1nc(C2CC2)cc(C2CC2)n1)C1CC1. The molecule has 1 aromatic heterocycles. The van der Waals surface area contributed by atoms with Crippen LogP contribution in [0.3, 0.4) is 0 Å². The van der Waals surface area contributed by atoms with Crippen LogP contribution in [-0.2, 0) is 0 Å². The molecule has 3 fully saturated rings. The minimum Gasteiger partial charge on any atom is -0.321 e. The van der Waals surface area contributed by atoms with E-state index >= 15 is 0 Å². The first-order valence-electron chi connectivity index (χ1n) is 6.95. The molecule has 3 nitrogen and oxygen atoms in total. The van der Waals surface area contributed by atoms with Gasteiger partial charge in [-0.05, 0) is 50.5 Å². The van der Waals surface area contributed by atoms with Gasteiger partial charge in [0.05, 0.1) is 6.04 Å². The van der Waals surface area contributed by atoms with E-state index in [9.17, 15) is 0 Å². The first-order chi connectivity index (χ1) is 8.31. The minimum atomic E-state index is 0.0891. The van der Waals surface area contributed by atoms with Crippen LogP contribution >= 0.6 is 0 Å². The fourth-order valence-electron chi connectivity index (χ4n) is 2.50. The van der Waals surface area contributed by atoms with Gasteiger partial charge in [-0.15, -0.1) is 0 Å². The van der Waals surface area contributed by atoms with Crippen molar-refractivity contribution in [2.45, 2.75) is 56.4 Å². The van der Waals surface area contributed by atoms with Crippen LogP contribution in [0.5, 0.6) is 0 Å². The molecule has 3 aliphatic carbocycles. The molecule has 90 valence electrons. The van der Waals surface area contributed by atoms with E-state index in [1.807, 2.05) is 0 Å². The van der Waals surface area contributed by atoms with Crippen LogP contribution in [0.25, 0.3) is 0 Å². The summed E-state index contributed by atoms with van der Waals surface area (Å²) in [7, 11) is 0. The molecule has 0 saturated heterocycles. The van der Waals surface area contributed by atoms with E-state index < -0.39 is 0 Å². The van der Waals surface area contributed by atoms with Crippen LogP contribution in [0, 0.1) is 5.92 Å². The van der Waals surface area contributed by atoms with Gasteiger partial charge in [0, 0.05) is 23.2 Å². The molecule has 2 N–H and O–H groups in total. The van der Waals surface area contributed by atoms with E-state index in [2.05, 4.69) is 6.07 Å². The number of hydrogen-bond acceptors (Lipinski definition) is 3. The topological polar surface area (TPSA) is 51.8 Å².